The molecule has 0 aromatic carbocycles. The third-order valence-electron chi connectivity index (χ3n) is 5.40. The molecule has 6 atom stereocenters. The van der Waals surface area contributed by atoms with Crippen LogP contribution in [-0.2, 0) is 9.78 Å². The van der Waals surface area contributed by atoms with E-state index in [0.29, 0.717) is 23.7 Å². The SMILES string of the molecule is CC(C)C1=CC(O)[C@]2(C)OO[C@H]1[C@@H]1[C@H](C)CC[C@@H]12. The minimum atomic E-state index is -0.567. The van der Waals surface area contributed by atoms with Crippen molar-refractivity contribution in [1.82, 2.24) is 0 Å². The monoisotopic (exact) mass is 252 g/mol. The predicted octanol–water partition coefficient (Wildman–Crippen LogP) is 2.69. The Morgan fingerprint density at radius 2 is 2.11 bits per heavy atom. The van der Waals surface area contributed by atoms with Crippen LogP contribution in [-0.4, -0.2) is 22.9 Å². The van der Waals surface area contributed by atoms with E-state index in [1.54, 1.807) is 0 Å². The molecule has 2 bridgehead atoms. The molecular formula is C15H24O3. The lowest BCUT2D eigenvalue weighted by Gasteiger charge is -2.45. The van der Waals surface area contributed by atoms with Gasteiger partial charge in [0.15, 0.2) is 0 Å². The largest absolute Gasteiger partial charge is 0.386 e. The van der Waals surface area contributed by atoms with Gasteiger partial charge < -0.3 is 5.11 Å². The molecule has 2 fully saturated rings. The summed E-state index contributed by atoms with van der Waals surface area (Å²) in [6.45, 7) is 8.64. The van der Waals surface area contributed by atoms with Crippen LogP contribution in [0.3, 0.4) is 0 Å². The number of aliphatic hydroxyl groups is 1. The van der Waals surface area contributed by atoms with Crippen LogP contribution in [0.4, 0.5) is 0 Å². The summed E-state index contributed by atoms with van der Waals surface area (Å²) in [5.41, 5.74) is 0.648. The summed E-state index contributed by atoms with van der Waals surface area (Å²) in [5, 5.41) is 10.5. The normalized spacial score (nSPS) is 51.2. The Morgan fingerprint density at radius 1 is 1.39 bits per heavy atom. The van der Waals surface area contributed by atoms with Gasteiger partial charge in [-0.15, -0.1) is 0 Å². The molecule has 1 N–H and O–H groups in total. The summed E-state index contributed by atoms with van der Waals surface area (Å²) in [5.74, 6) is 1.95. The molecule has 0 radical (unpaired) electrons. The molecule has 0 spiro atoms. The second kappa shape index (κ2) is 4.06. The fourth-order valence-corrected chi connectivity index (χ4v) is 4.19. The summed E-state index contributed by atoms with van der Waals surface area (Å²) < 4.78 is 0. The van der Waals surface area contributed by atoms with Crippen molar-refractivity contribution >= 4 is 0 Å². The van der Waals surface area contributed by atoms with E-state index in [4.69, 9.17) is 9.78 Å². The average Bonchev–Trinajstić information content (AvgIpc) is 2.61. The summed E-state index contributed by atoms with van der Waals surface area (Å²) in [7, 11) is 0. The van der Waals surface area contributed by atoms with E-state index in [0.717, 1.165) is 6.42 Å². The number of fused-ring (bicyclic) bond motifs is 2. The van der Waals surface area contributed by atoms with Gasteiger partial charge in [-0.3, -0.25) is 0 Å². The van der Waals surface area contributed by atoms with Crippen LogP contribution in [0.1, 0.15) is 40.5 Å². The number of hydrogen-bond donors (Lipinski definition) is 1. The molecule has 1 saturated carbocycles. The van der Waals surface area contributed by atoms with Gasteiger partial charge in [-0.2, -0.15) is 0 Å². The first kappa shape index (κ1) is 12.6. The van der Waals surface area contributed by atoms with Gasteiger partial charge >= 0.3 is 0 Å². The smallest absolute Gasteiger partial charge is 0.133 e. The lowest BCUT2D eigenvalue weighted by Crippen LogP contribution is -2.54. The maximum Gasteiger partial charge on any atom is 0.133 e. The summed E-state index contributed by atoms with van der Waals surface area (Å²) >= 11 is 0. The van der Waals surface area contributed by atoms with Gasteiger partial charge in [-0.1, -0.05) is 26.8 Å². The van der Waals surface area contributed by atoms with Crippen LogP contribution in [0.2, 0.25) is 0 Å². The molecule has 4 aliphatic rings. The Kier molecular flexibility index (Phi) is 2.85. The Morgan fingerprint density at radius 3 is 2.78 bits per heavy atom. The van der Waals surface area contributed by atoms with Gasteiger partial charge in [0.2, 0.25) is 0 Å². The molecule has 0 amide bonds. The van der Waals surface area contributed by atoms with Crippen LogP contribution < -0.4 is 0 Å². The third kappa shape index (κ3) is 1.54. The summed E-state index contributed by atoms with van der Waals surface area (Å²) in [6, 6.07) is 0. The average molecular weight is 252 g/mol. The number of aliphatic hydroxyl groups excluding tert-OH is 1. The fourth-order valence-electron chi connectivity index (χ4n) is 4.19. The van der Waals surface area contributed by atoms with Crippen molar-refractivity contribution in [1.29, 1.82) is 0 Å². The van der Waals surface area contributed by atoms with Crippen molar-refractivity contribution in [2.24, 2.45) is 23.7 Å². The van der Waals surface area contributed by atoms with Gasteiger partial charge in [0.05, 0.1) is 0 Å². The van der Waals surface area contributed by atoms with E-state index in [-0.39, 0.29) is 6.10 Å². The first-order valence-electron chi connectivity index (χ1n) is 7.19. The Balaban J connectivity index is 2.07. The van der Waals surface area contributed by atoms with Crippen molar-refractivity contribution in [2.45, 2.75) is 58.3 Å². The van der Waals surface area contributed by atoms with Crippen molar-refractivity contribution in [3.63, 3.8) is 0 Å². The van der Waals surface area contributed by atoms with Crippen LogP contribution in [0.25, 0.3) is 0 Å². The van der Waals surface area contributed by atoms with E-state index < -0.39 is 11.7 Å². The molecule has 2 heterocycles. The molecule has 2 aliphatic heterocycles. The zero-order chi connectivity index (χ0) is 13.1. The molecule has 2 aliphatic carbocycles. The highest BCUT2D eigenvalue weighted by Gasteiger charge is 2.59. The maximum atomic E-state index is 10.5. The minimum Gasteiger partial charge on any atom is -0.386 e. The molecule has 0 aromatic heterocycles. The highest BCUT2D eigenvalue weighted by atomic mass is 17.2. The Bertz CT molecular complexity index is 376. The second-order valence-electron chi connectivity index (χ2n) is 6.79. The van der Waals surface area contributed by atoms with Crippen LogP contribution >= 0.6 is 0 Å². The molecule has 102 valence electrons. The minimum absolute atomic E-state index is 0.0396. The van der Waals surface area contributed by atoms with E-state index >= 15 is 0 Å². The molecule has 0 aromatic rings. The number of hydrogen-bond acceptors (Lipinski definition) is 3. The van der Waals surface area contributed by atoms with Gasteiger partial charge in [0.25, 0.3) is 0 Å². The molecule has 1 unspecified atom stereocenters. The van der Waals surface area contributed by atoms with Crippen LogP contribution in [0.5, 0.6) is 0 Å². The van der Waals surface area contributed by atoms with Crippen molar-refractivity contribution in [3.05, 3.63) is 11.6 Å². The lowest BCUT2D eigenvalue weighted by atomic mass is 9.74. The van der Waals surface area contributed by atoms with E-state index in [1.165, 1.54) is 12.0 Å². The first-order chi connectivity index (χ1) is 8.45. The topological polar surface area (TPSA) is 38.7 Å². The molecular weight excluding hydrogens is 228 g/mol. The first-order valence-corrected chi connectivity index (χ1v) is 7.19. The quantitative estimate of drug-likeness (QED) is 0.576. The second-order valence-corrected chi connectivity index (χ2v) is 6.79. The van der Waals surface area contributed by atoms with Crippen molar-refractivity contribution in [2.75, 3.05) is 0 Å². The van der Waals surface area contributed by atoms with Gasteiger partial charge in [0.1, 0.15) is 17.8 Å². The summed E-state index contributed by atoms with van der Waals surface area (Å²) in [4.78, 5) is 11.3. The fraction of sp³-hybridized carbons (Fsp3) is 0.867. The molecule has 18 heavy (non-hydrogen) atoms. The van der Waals surface area contributed by atoms with Crippen LogP contribution in [0.15, 0.2) is 11.6 Å². The van der Waals surface area contributed by atoms with E-state index in [9.17, 15) is 5.11 Å². The molecule has 1 saturated heterocycles. The molecule has 4 rings (SSSR count). The standard InChI is InChI=1S/C15H24O3/c1-8(2)10-7-12(16)15(4)11-6-5-9(3)13(11)14(10)17-18-15/h7-9,11-14,16H,5-6H2,1-4H3/t9-,11+,12?,13-,14-,15-/m1/s1. The van der Waals surface area contributed by atoms with Gasteiger partial charge in [-0.05, 0) is 43.1 Å². The highest BCUT2D eigenvalue weighted by molar-refractivity contribution is 5.24. The summed E-state index contributed by atoms with van der Waals surface area (Å²) in [6.07, 6.45) is 3.83. The molecule has 3 heteroatoms. The van der Waals surface area contributed by atoms with Crippen molar-refractivity contribution in [3.8, 4) is 0 Å². The van der Waals surface area contributed by atoms with E-state index in [1.807, 2.05) is 13.0 Å². The van der Waals surface area contributed by atoms with Gasteiger partial charge in [-0.25, -0.2) is 9.78 Å². The highest BCUT2D eigenvalue weighted by Crippen LogP contribution is 2.55. The van der Waals surface area contributed by atoms with Crippen molar-refractivity contribution < 1.29 is 14.9 Å². The third-order valence-corrected chi connectivity index (χ3v) is 5.40. The maximum absolute atomic E-state index is 10.5. The lowest BCUT2D eigenvalue weighted by molar-refractivity contribution is -0.432. The predicted molar refractivity (Wildman–Crippen MR) is 68.7 cm³/mol. The van der Waals surface area contributed by atoms with E-state index in [2.05, 4.69) is 20.8 Å². The Hall–Kier alpha value is -0.380. The zero-order valence-electron chi connectivity index (χ0n) is 11.7. The zero-order valence-corrected chi connectivity index (χ0v) is 11.7. The van der Waals surface area contributed by atoms with Gasteiger partial charge in [0, 0.05) is 5.92 Å². The Labute approximate surface area is 109 Å². The van der Waals surface area contributed by atoms with Crippen LogP contribution in [0, 0.1) is 23.7 Å². The number of rotatable bonds is 1. The molecule has 3 nitrogen and oxygen atoms in total.